The molecule has 0 saturated carbocycles. The van der Waals surface area contributed by atoms with Crippen molar-refractivity contribution in [3.63, 3.8) is 0 Å². The summed E-state index contributed by atoms with van der Waals surface area (Å²) in [5.74, 6) is -0.488. The number of nitro groups is 1. The van der Waals surface area contributed by atoms with Crippen LogP contribution in [0.1, 0.15) is 26.3 Å². The standard InChI is InChI=1S/C22H17NO6/c24-21(17-6-10-19(11-7-17)23(26)27)15-29-22(25)18-8-12-20(13-9-18)28-14-16-4-2-1-3-5-16/h1-13H,14-15H2. The second-order valence-corrected chi connectivity index (χ2v) is 6.10. The molecule has 3 rings (SSSR count). The van der Waals surface area contributed by atoms with Crippen LogP contribution in [0.15, 0.2) is 78.9 Å². The van der Waals surface area contributed by atoms with E-state index in [9.17, 15) is 19.7 Å². The fourth-order valence-corrected chi connectivity index (χ4v) is 2.49. The fourth-order valence-electron chi connectivity index (χ4n) is 2.49. The van der Waals surface area contributed by atoms with Gasteiger partial charge in [-0.3, -0.25) is 14.9 Å². The Morgan fingerprint density at radius 1 is 0.828 bits per heavy atom. The summed E-state index contributed by atoms with van der Waals surface area (Å²) in [7, 11) is 0. The van der Waals surface area contributed by atoms with Crippen molar-refractivity contribution in [2.75, 3.05) is 6.61 Å². The predicted octanol–water partition coefficient (Wildman–Crippen LogP) is 4.21. The molecule has 0 heterocycles. The molecule has 0 fully saturated rings. The SMILES string of the molecule is O=C(COC(=O)c1ccc(OCc2ccccc2)cc1)c1ccc([N+](=O)[O-])cc1. The van der Waals surface area contributed by atoms with Gasteiger partial charge in [-0.05, 0) is 42.0 Å². The predicted molar refractivity (Wildman–Crippen MR) is 105 cm³/mol. The van der Waals surface area contributed by atoms with Crippen LogP contribution in [-0.4, -0.2) is 23.3 Å². The van der Waals surface area contributed by atoms with E-state index in [2.05, 4.69) is 0 Å². The molecule has 0 N–H and O–H groups in total. The molecule has 0 saturated heterocycles. The molecule has 0 aliphatic heterocycles. The number of carbonyl (C=O) groups excluding carboxylic acids is 2. The zero-order valence-electron chi connectivity index (χ0n) is 15.3. The number of ether oxygens (including phenoxy) is 2. The summed E-state index contributed by atoms with van der Waals surface area (Å²) < 4.78 is 10.7. The van der Waals surface area contributed by atoms with Crippen molar-refractivity contribution in [3.8, 4) is 5.75 Å². The molecule has 0 aliphatic rings. The Labute approximate surface area is 166 Å². The number of hydrogen-bond acceptors (Lipinski definition) is 6. The molecule has 0 atom stereocenters. The van der Waals surface area contributed by atoms with Crippen LogP contribution in [0.5, 0.6) is 5.75 Å². The number of ketones is 1. The number of non-ortho nitro benzene ring substituents is 1. The third-order valence-electron chi connectivity index (χ3n) is 4.07. The molecule has 0 aromatic heterocycles. The van der Waals surface area contributed by atoms with Crippen LogP contribution in [0.4, 0.5) is 5.69 Å². The molecule has 146 valence electrons. The van der Waals surface area contributed by atoms with Gasteiger partial charge >= 0.3 is 5.97 Å². The summed E-state index contributed by atoms with van der Waals surface area (Å²) in [4.78, 5) is 34.3. The van der Waals surface area contributed by atoms with Gasteiger partial charge in [-0.15, -0.1) is 0 Å². The number of hydrogen-bond donors (Lipinski definition) is 0. The first kappa shape index (κ1) is 19.8. The van der Waals surface area contributed by atoms with E-state index < -0.39 is 23.3 Å². The van der Waals surface area contributed by atoms with Crippen molar-refractivity contribution >= 4 is 17.4 Å². The Morgan fingerprint density at radius 3 is 2.07 bits per heavy atom. The highest BCUT2D eigenvalue weighted by molar-refractivity contribution is 5.99. The van der Waals surface area contributed by atoms with Crippen molar-refractivity contribution in [1.29, 1.82) is 0 Å². The lowest BCUT2D eigenvalue weighted by molar-refractivity contribution is -0.384. The minimum atomic E-state index is -0.644. The molecule has 29 heavy (non-hydrogen) atoms. The van der Waals surface area contributed by atoms with Gasteiger partial charge in [-0.1, -0.05) is 30.3 Å². The monoisotopic (exact) mass is 391 g/mol. The third kappa shape index (κ3) is 5.49. The molecule has 3 aromatic rings. The average Bonchev–Trinajstić information content (AvgIpc) is 2.77. The Bertz CT molecular complexity index is 998. The molecule has 0 bridgehead atoms. The van der Waals surface area contributed by atoms with Crippen molar-refractivity contribution in [2.45, 2.75) is 6.61 Å². The van der Waals surface area contributed by atoms with E-state index in [0.29, 0.717) is 12.4 Å². The van der Waals surface area contributed by atoms with Crippen LogP contribution >= 0.6 is 0 Å². The number of rotatable bonds is 8. The van der Waals surface area contributed by atoms with Crippen molar-refractivity contribution in [1.82, 2.24) is 0 Å². The molecular formula is C22H17NO6. The molecule has 3 aromatic carbocycles. The van der Waals surface area contributed by atoms with E-state index in [0.717, 1.165) is 5.56 Å². The van der Waals surface area contributed by atoms with Crippen LogP contribution < -0.4 is 4.74 Å². The van der Waals surface area contributed by atoms with Gasteiger partial charge in [0.2, 0.25) is 0 Å². The van der Waals surface area contributed by atoms with Crippen LogP contribution in [-0.2, 0) is 11.3 Å². The molecule has 0 unspecified atom stereocenters. The number of carbonyl (C=O) groups is 2. The number of Topliss-reactive ketones (excluding diaryl/α,β-unsaturated/α-hetero) is 1. The fraction of sp³-hybridized carbons (Fsp3) is 0.0909. The van der Waals surface area contributed by atoms with E-state index in [-0.39, 0.29) is 16.8 Å². The summed E-state index contributed by atoms with van der Waals surface area (Å²) in [5, 5.41) is 10.6. The summed E-state index contributed by atoms with van der Waals surface area (Å²) in [6.07, 6.45) is 0. The second-order valence-electron chi connectivity index (χ2n) is 6.10. The summed E-state index contributed by atoms with van der Waals surface area (Å²) in [5.41, 5.74) is 1.43. The topological polar surface area (TPSA) is 95.7 Å². The van der Waals surface area contributed by atoms with E-state index >= 15 is 0 Å². The van der Waals surface area contributed by atoms with Gasteiger partial charge in [0, 0.05) is 17.7 Å². The van der Waals surface area contributed by atoms with Gasteiger partial charge in [-0.2, -0.15) is 0 Å². The van der Waals surface area contributed by atoms with Gasteiger partial charge in [-0.25, -0.2) is 4.79 Å². The van der Waals surface area contributed by atoms with E-state index in [1.54, 1.807) is 24.3 Å². The quantitative estimate of drug-likeness (QED) is 0.247. The molecule has 7 heteroatoms. The molecule has 0 amide bonds. The number of esters is 1. The second kappa shape index (κ2) is 9.27. The van der Waals surface area contributed by atoms with Crippen LogP contribution in [0.3, 0.4) is 0 Å². The molecule has 0 aliphatic carbocycles. The van der Waals surface area contributed by atoms with Crippen molar-refractivity contribution in [2.24, 2.45) is 0 Å². The van der Waals surface area contributed by atoms with Gasteiger partial charge in [0.25, 0.3) is 5.69 Å². The van der Waals surface area contributed by atoms with E-state index in [1.165, 1.54) is 24.3 Å². The van der Waals surface area contributed by atoms with E-state index in [4.69, 9.17) is 9.47 Å². The smallest absolute Gasteiger partial charge is 0.338 e. The maximum atomic E-state index is 12.1. The zero-order valence-corrected chi connectivity index (χ0v) is 15.3. The summed E-state index contributed by atoms with van der Waals surface area (Å²) in [6.45, 7) is -0.0444. The third-order valence-corrected chi connectivity index (χ3v) is 4.07. The number of nitro benzene ring substituents is 1. The first-order valence-electron chi connectivity index (χ1n) is 8.74. The van der Waals surface area contributed by atoms with Gasteiger partial charge in [0.05, 0.1) is 10.5 Å². The Balaban J connectivity index is 1.51. The zero-order chi connectivity index (χ0) is 20.6. The number of nitrogens with zero attached hydrogens (tertiary/aromatic N) is 1. The van der Waals surface area contributed by atoms with Gasteiger partial charge in [0.1, 0.15) is 12.4 Å². The molecule has 0 radical (unpaired) electrons. The van der Waals surface area contributed by atoms with Gasteiger partial charge in [0.15, 0.2) is 12.4 Å². The largest absolute Gasteiger partial charge is 0.489 e. The Kier molecular flexibility index (Phi) is 6.32. The first-order chi connectivity index (χ1) is 14.0. The Hall–Kier alpha value is -4.00. The maximum absolute atomic E-state index is 12.1. The normalized spacial score (nSPS) is 10.2. The van der Waals surface area contributed by atoms with Gasteiger partial charge < -0.3 is 9.47 Å². The highest BCUT2D eigenvalue weighted by atomic mass is 16.6. The molecular weight excluding hydrogens is 374 g/mol. The van der Waals surface area contributed by atoms with E-state index in [1.807, 2.05) is 30.3 Å². The molecule has 0 spiro atoms. The van der Waals surface area contributed by atoms with Crippen LogP contribution in [0, 0.1) is 10.1 Å². The van der Waals surface area contributed by atoms with Crippen LogP contribution in [0.25, 0.3) is 0 Å². The lowest BCUT2D eigenvalue weighted by Gasteiger charge is -2.08. The minimum absolute atomic E-state index is 0.117. The summed E-state index contributed by atoms with van der Waals surface area (Å²) in [6, 6.07) is 21.2. The lowest BCUT2D eigenvalue weighted by Crippen LogP contribution is -2.14. The van der Waals surface area contributed by atoms with Crippen molar-refractivity contribution in [3.05, 3.63) is 106 Å². The Morgan fingerprint density at radius 2 is 1.45 bits per heavy atom. The average molecular weight is 391 g/mol. The highest BCUT2D eigenvalue weighted by Crippen LogP contribution is 2.16. The molecule has 7 nitrogen and oxygen atoms in total. The number of benzene rings is 3. The summed E-state index contributed by atoms with van der Waals surface area (Å²) >= 11 is 0. The lowest BCUT2D eigenvalue weighted by atomic mass is 10.1. The first-order valence-corrected chi connectivity index (χ1v) is 8.74. The van der Waals surface area contributed by atoms with Crippen LogP contribution in [0.2, 0.25) is 0 Å². The maximum Gasteiger partial charge on any atom is 0.338 e. The highest BCUT2D eigenvalue weighted by Gasteiger charge is 2.13. The van der Waals surface area contributed by atoms with Crippen molar-refractivity contribution < 1.29 is 24.0 Å². The minimum Gasteiger partial charge on any atom is -0.489 e.